The number of aliphatic hydroxyl groups is 1. The highest BCUT2D eigenvalue weighted by molar-refractivity contribution is 6.69. The van der Waals surface area contributed by atoms with Crippen LogP contribution in [0.4, 0.5) is 0 Å². The van der Waals surface area contributed by atoms with Gasteiger partial charge in [-0.05, 0) is 69.3 Å². The number of fused-ring (bicyclic) bond motifs is 3. The number of hydrogen-bond donors (Lipinski definition) is 1. The van der Waals surface area contributed by atoms with Gasteiger partial charge in [0.05, 0.1) is 11.7 Å². The lowest BCUT2D eigenvalue weighted by Gasteiger charge is -2.46. The molecule has 4 aliphatic rings. The van der Waals surface area contributed by atoms with E-state index in [1.54, 1.807) is 6.08 Å². The number of carbonyl (C=O) groups excluding carboxylic acids is 1. The van der Waals surface area contributed by atoms with E-state index in [1.807, 2.05) is 6.92 Å². The van der Waals surface area contributed by atoms with Crippen LogP contribution < -0.4 is 0 Å². The molecule has 2 aliphatic carbocycles. The minimum absolute atomic E-state index is 0.162. The predicted molar refractivity (Wildman–Crippen MR) is 117 cm³/mol. The molecular formula is C24H38O4Si. The zero-order valence-corrected chi connectivity index (χ0v) is 19.8. The molecule has 0 amide bonds. The van der Waals surface area contributed by atoms with Crippen molar-refractivity contribution < 1.29 is 19.1 Å². The first kappa shape index (κ1) is 21.5. The highest BCUT2D eigenvalue weighted by Gasteiger charge is 2.70. The summed E-state index contributed by atoms with van der Waals surface area (Å²) in [5.41, 5.74) is 0.723. The van der Waals surface area contributed by atoms with E-state index < -0.39 is 25.6 Å². The Bertz CT molecular complexity index is 752. The summed E-state index contributed by atoms with van der Waals surface area (Å²) in [5, 5.41) is 10.9. The van der Waals surface area contributed by atoms with Crippen LogP contribution in [0.5, 0.6) is 0 Å². The van der Waals surface area contributed by atoms with Gasteiger partial charge in [-0.15, -0.1) is 6.58 Å². The molecule has 0 aromatic heterocycles. The SMILES string of the molecule is C=C[C@H](O)C1=C(C)C(=O)[C@@]2(C)CC[C@]34CCCCC[C@H]3C[C@@](O[Si](C)(C)C)(O4)[C@@H]12. The largest absolute Gasteiger partial charge is 0.390 e. The van der Waals surface area contributed by atoms with Crippen LogP contribution in [0.1, 0.15) is 65.2 Å². The number of allylic oxidation sites excluding steroid dienone is 1. The summed E-state index contributed by atoms with van der Waals surface area (Å²) >= 11 is 0. The molecule has 3 fully saturated rings. The molecule has 2 bridgehead atoms. The number of carbonyl (C=O) groups is 1. The van der Waals surface area contributed by atoms with E-state index in [0.29, 0.717) is 11.5 Å². The Morgan fingerprint density at radius 3 is 2.62 bits per heavy atom. The molecule has 0 unspecified atom stereocenters. The van der Waals surface area contributed by atoms with Crippen molar-refractivity contribution in [3.8, 4) is 0 Å². The first-order valence-corrected chi connectivity index (χ1v) is 14.9. The number of rotatable bonds is 4. The molecule has 1 N–H and O–H groups in total. The Morgan fingerprint density at radius 2 is 1.97 bits per heavy atom. The quantitative estimate of drug-likeness (QED) is 0.507. The summed E-state index contributed by atoms with van der Waals surface area (Å²) in [6, 6.07) is 0. The average molecular weight is 419 g/mol. The third-order valence-corrected chi connectivity index (χ3v) is 9.03. The second kappa shape index (κ2) is 6.88. The van der Waals surface area contributed by atoms with Crippen molar-refractivity contribution in [3.63, 3.8) is 0 Å². The predicted octanol–water partition coefficient (Wildman–Crippen LogP) is 5.14. The van der Waals surface area contributed by atoms with Crippen LogP contribution in [-0.2, 0) is 14.0 Å². The zero-order chi connectivity index (χ0) is 21.2. The van der Waals surface area contributed by atoms with Gasteiger partial charge in [-0.2, -0.15) is 0 Å². The lowest BCUT2D eigenvalue weighted by molar-refractivity contribution is -0.239. The Hall–Kier alpha value is -0.753. The first-order valence-electron chi connectivity index (χ1n) is 11.4. The van der Waals surface area contributed by atoms with Crippen LogP contribution in [-0.4, -0.2) is 36.7 Å². The van der Waals surface area contributed by atoms with Crippen molar-refractivity contribution in [2.45, 2.75) is 102 Å². The third kappa shape index (κ3) is 3.15. The molecule has 0 aromatic carbocycles. The highest BCUT2D eigenvalue weighted by atomic mass is 28.4. The van der Waals surface area contributed by atoms with E-state index in [1.165, 1.54) is 25.7 Å². The fraction of sp³-hybridized carbons (Fsp3) is 0.792. The number of ether oxygens (including phenoxy) is 1. The van der Waals surface area contributed by atoms with Crippen molar-refractivity contribution in [3.05, 3.63) is 23.8 Å². The summed E-state index contributed by atoms with van der Waals surface area (Å²) in [7, 11) is -1.99. The molecule has 29 heavy (non-hydrogen) atoms. The second-order valence-corrected chi connectivity index (χ2v) is 15.6. The van der Waals surface area contributed by atoms with Crippen LogP contribution in [0.25, 0.3) is 0 Å². The van der Waals surface area contributed by atoms with Gasteiger partial charge < -0.3 is 14.3 Å². The molecule has 4 rings (SSSR count). The van der Waals surface area contributed by atoms with Crippen molar-refractivity contribution in [1.82, 2.24) is 0 Å². The summed E-state index contributed by atoms with van der Waals surface area (Å²) in [6.07, 6.45) is 9.21. The van der Waals surface area contributed by atoms with Gasteiger partial charge in [0.25, 0.3) is 0 Å². The van der Waals surface area contributed by atoms with E-state index in [-0.39, 0.29) is 17.3 Å². The van der Waals surface area contributed by atoms with E-state index in [9.17, 15) is 9.90 Å². The third-order valence-electron chi connectivity index (χ3n) is 8.07. The van der Waals surface area contributed by atoms with Gasteiger partial charge in [0, 0.05) is 17.8 Å². The number of hydrogen-bond acceptors (Lipinski definition) is 4. The minimum Gasteiger partial charge on any atom is -0.390 e. The maximum Gasteiger partial charge on any atom is 0.187 e. The molecular weight excluding hydrogens is 380 g/mol. The summed E-state index contributed by atoms with van der Waals surface area (Å²) in [4.78, 5) is 13.6. The van der Waals surface area contributed by atoms with Crippen molar-refractivity contribution >= 4 is 14.1 Å². The van der Waals surface area contributed by atoms with Crippen LogP contribution in [0.2, 0.25) is 19.6 Å². The fourth-order valence-corrected chi connectivity index (χ4v) is 8.31. The number of aliphatic hydroxyl groups excluding tert-OH is 1. The maximum absolute atomic E-state index is 13.6. The van der Waals surface area contributed by atoms with Crippen molar-refractivity contribution in [2.24, 2.45) is 17.3 Å². The normalized spacial score (nSPS) is 43.4. The lowest BCUT2D eigenvalue weighted by Crippen LogP contribution is -2.54. The van der Waals surface area contributed by atoms with E-state index in [0.717, 1.165) is 31.3 Å². The zero-order valence-electron chi connectivity index (χ0n) is 18.8. The van der Waals surface area contributed by atoms with Gasteiger partial charge in [0.1, 0.15) is 0 Å². The van der Waals surface area contributed by atoms with Crippen LogP contribution in [0.15, 0.2) is 23.8 Å². The van der Waals surface area contributed by atoms with Crippen LogP contribution in [0.3, 0.4) is 0 Å². The fourth-order valence-electron chi connectivity index (χ4n) is 7.03. The summed E-state index contributed by atoms with van der Waals surface area (Å²) < 4.78 is 14.1. The minimum atomic E-state index is -1.99. The number of Topliss-reactive ketones (excluding diaryl/α,β-unsaturated/α-hetero) is 1. The molecule has 4 nitrogen and oxygen atoms in total. The second-order valence-electron chi connectivity index (χ2n) is 11.1. The molecule has 0 aromatic rings. The Labute approximate surface area is 176 Å². The highest BCUT2D eigenvalue weighted by Crippen LogP contribution is 2.66. The van der Waals surface area contributed by atoms with Crippen LogP contribution >= 0.6 is 0 Å². The van der Waals surface area contributed by atoms with E-state index in [2.05, 4.69) is 33.1 Å². The molecule has 1 saturated carbocycles. The van der Waals surface area contributed by atoms with Gasteiger partial charge in [-0.25, -0.2) is 0 Å². The molecule has 2 saturated heterocycles. The standard InChI is InChI=1S/C24H38O4Si/c1-7-18(25)19-16(2)21(26)22(3)13-14-23-12-10-8-9-11-17(23)15-24(27-23,20(19)22)28-29(4,5)6/h7,17-18,20,25H,1,8-15H2,2-6H3/t17-,18-,20-,22-,23+,24-/m0/s1. The van der Waals surface area contributed by atoms with Gasteiger partial charge in [-0.1, -0.05) is 32.3 Å². The first-order chi connectivity index (χ1) is 13.5. The van der Waals surface area contributed by atoms with Crippen molar-refractivity contribution in [2.75, 3.05) is 0 Å². The molecule has 2 aliphatic heterocycles. The maximum atomic E-state index is 13.6. The summed E-state index contributed by atoms with van der Waals surface area (Å²) in [6.45, 7) is 14.4. The average Bonchev–Trinajstić information content (AvgIpc) is 2.88. The van der Waals surface area contributed by atoms with E-state index in [4.69, 9.17) is 9.16 Å². The van der Waals surface area contributed by atoms with Gasteiger partial charge in [0.2, 0.25) is 0 Å². The molecule has 1 spiro atoms. The van der Waals surface area contributed by atoms with Gasteiger partial charge in [-0.3, -0.25) is 4.79 Å². The monoisotopic (exact) mass is 418 g/mol. The molecule has 0 radical (unpaired) electrons. The van der Waals surface area contributed by atoms with Crippen LogP contribution in [0, 0.1) is 17.3 Å². The molecule has 5 heteroatoms. The van der Waals surface area contributed by atoms with E-state index >= 15 is 0 Å². The van der Waals surface area contributed by atoms with Gasteiger partial charge in [0.15, 0.2) is 19.9 Å². The van der Waals surface area contributed by atoms with Crippen molar-refractivity contribution in [1.29, 1.82) is 0 Å². The smallest absolute Gasteiger partial charge is 0.187 e. The lowest BCUT2D eigenvalue weighted by atomic mass is 9.63. The summed E-state index contributed by atoms with van der Waals surface area (Å²) in [5.74, 6) is -0.419. The molecule has 162 valence electrons. The topological polar surface area (TPSA) is 55.8 Å². The van der Waals surface area contributed by atoms with Gasteiger partial charge >= 0.3 is 0 Å². The Balaban J connectivity index is 1.91. The Kier molecular flexibility index (Phi) is 5.09. The number of ketones is 1. The molecule has 6 atom stereocenters. The molecule has 2 heterocycles. The Morgan fingerprint density at radius 1 is 1.24 bits per heavy atom.